The molecule has 0 aliphatic heterocycles. The monoisotopic (exact) mass is 205 g/mol. The van der Waals surface area contributed by atoms with Crippen LogP contribution in [0, 0.1) is 0 Å². The molecule has 15 heavy (non-hydrogen) atoms. The van der Waals surface area contributed by atoms with Crippen LogP contribution in [0.25, 0.3) is 0 Å². The van der Waals surface area contributed by atoms with Crippen LogP contribution in [0.1, 0.15) is 12.5 Å². The summed E-state index contributed by atoms with van der Waals surface area (Å²) < 4.78 is 5.30. The van der Waals surface area contributed by atoms with Gasteiger partial charge in [-0.05, 0) is 25.0 Å². The van der Waals surface area contributed by atoms with Crippen molar-refractivity contribution in [2.45, 2.75) is 19.4 Å². The van der Waals surface area contributed by atoms with Crippen molar-refractivity contribution in [2.24, 2.45) is 0 Å². The zero-order valence-corrected chi connectivity index (χ0v) is 9.49. The number of hydrogen-bond acceptors (Lipinski definition) is 2. The third-order valence-corrected chi connectivity index (χ3v) is 2.33. The summed E-state index contributed by atoms with van der Waals surface area (Å²) in [5.41, 5.74) is 1.24. The van der Waals surface area contributed by atoms with Gasteiger partial charge in [-0.1, -0.05) is 24.3 Å². The number of hydrogen-bond donors (Lipinski definition) is 1. The van der Waals surface area contributed by atoms with Crippen LogP contribution in [0.5, 0.6) is 5.75 Å². The van der Waals surface area contributed by atoms with Gasteiger partial charge in [-0.3, -0.25) is 0 Å². The molecule has 0 fully saturated rings. The second-order valence-electron chi connectivity index (χ2n) is 3.61. The quantitative estimate of drug-likeness (QED) is 0.720. The third-order valence-electron chi connectivity index (χ3n) is 2.33. The lowest BCUT2D eigenvalue weighted by molar-refractivity contribution is 0.406. The first-order valence-electron chi connectivity index (χ1n) is 5.24. The molecule has 0 aromatic heterocycles. The van der Waals surface area contributed by atoms with Crippen LogP contribution >= 0.6 is 0 Å². The molecule has 0 bridgehead atoms. The van der Waals surface area contributed by atoms with Gasteiger partial charge in [-0.15, -0.1) is 6.58 Å². The molecular formula is C13H19NO. The zero-order valence-electron chi connectivity index (χ0n) is 9.49. The van der Waals surface area contributed by atoms with E-state index in [0.29, 0.717) is 6.04 Å². The van der Waals surface area contributed by atoms with Gasteiger partial charge in [0, 0.05) is 12.6 Å². The minimum Gasteiger partial charge on any atom is -0.496 e. The molecule has 0 saturated heterocycles. The molecule has 1 N–H and O–H groups in total. The van der Waals surface area contributed by atoms with Gasteiger partial charge in [0.25, 0.3) is 0 Å². The van der Waals surface area contributed by atoms with E-state index in [0.717, 1.165) is 18.7 Å². The minimum atomic E-state index is 0.430. The molecule has 1 aromatic carbocycles. The molecular weight excluding hydrogens is 186 g/mol. The first kappa shape index (κ1) is 11.8. The van der Waals surface area contributed by atoms with Gasteiger partial charge in [0.15, 0.2) is 0 Å². The number of nitrogens with one attached hydrogen (secondary N) is 1. The Bertz CT molecular complexity index is 309. The summed E-state index contributed by atoms with van der Waals surface area (Å²) in [7, 11) is 1.71. The summed E-state index contributed by atoms with van der Waals surface area (Å²) in [4.78, 5) is 0. The Kier molecular flexibility index (Phi) is 4.91. The molecule has 0 amide bonds. The lowest BCUT2D eigenvalue weighted by Gasteiger charge is -2.14. The smallest absolute Gasteiger partial charge is 0.122 e. The fourth-order valence-corrected chi connectivity index (χ4v) is 1.56. The summed E-state index contributed by atoms with van der Waals surface area (Å²) in [6.07, 6.45) is 2.84. The maximum absolute atomic E-state index is 5.30. The van der Waals surface area contributed by atoms with E-state index < -0.39 is 0 Å². The Balaban J connectivity index is 2.58. The highest BCUT2D eigenvalue weighted by Gasteiger charge is 2.06. The van der Waals surface area contributed by atoms with E-state index in [1.165, 1.54) is 5.56 Å². The predicted molar refractivity (Wildman–Crippen MR) is 64.4 cm³/mol. The first-order chi connectivity index (χ1) is 7.27. The minimum absolute atomic E-state index is 0.430. The highest BCUT2D eigenvalue weighted by atomic mass is 16.5. The van der Waals surface area contributed by atoms with Crippen molar-refractivity contribution < 1.29 is 4.74 Å². The van der Waals surface area contributed by atoms with Crippen molar-refractivity contribution in [3.8, 4) is 5.75 Å². The number of rotatable bonds is 6. The normalized spacial score (nSPS) is 12.1. The lowest BCUT2D eigenvalue weighted by atomic mass is 10.1. The highest BCUT2D eigenvalue weighted by Crippen LogP contribution is 2.18. The molecule has 1 aromatic rings. The average molecular weight is 205 g/mol. The molecule has 0 saturated carbocycles. The van der Waals surface area contributed by atoms with E-state index in [-0.39, 0.29) is 0 Å². The van der Waals surface area contributed by atoms with E-state index in [9.17, 15) is 0 Å². The summed E-state index contributed by atoms with van der Waals surface area (Å²) in [5.74, 6) is 0.963. The van der Waals surface area contributed by atoms with E-state index in [1.807, 2.05) is 24.3 Å². The molecule has 2 heteroatoms. The van der Waals surface area contributed by atoms with E-state index in [1.54, 1.807) is 7.11 Å². The lowest BCUT2D eigenvalue weighted by Crippen LogP contribution is -2.28. The van der Waals surface area contributed by atoms with Crippen LogP contribution in [0.3, 0.4) is 0 Å². The maximum Gasteiger partial charge on any atom is 0.122 e. The van der Waals surface area contributed by atoms with Gasteiger partial charge in [0.2, 0.25) is 0 Å². The van der Waals surface area contributed by atoms with Gasteiger partial charge in [-0.25, -0.2) is 0 Å². The molecule has 0 aliphatic rings. The van der Waals surface area contributed by atoms with E-state index >= 15 is 0 Å². The molecule has 0 spiro atoms. The second-order valence-corrected chi connectivity index (χ2v) is 3.61. The summed E-state index contributed by atoms with van der Waals surface area (Å²) in [6.45, 7) is 6.69. The van der Waals surface area contributed by atoms with Crippen LogP contribution in [0.4, 0.5) is 0 Å². The molecule has 82 valence electrons. The zero-order chi connectivity index (χ0) is 11.1. The third kappa shape index (κ3) is 3.76. The van der Waals surface area contributed by atoms with Crippen LogP contribution in [-0.2, 0) is 6.42 Å². The van der Waals surface area contributed by atoms with Gasteiger partial charge in [0.1, 0.15) is 5.75 Å². The predicted octanol–water partition coefficient (Wildman–Crippen LogP) is 2.40. The Hall–Kier alpha value is -1.28. The Morgan fingerprint density at radius 1 is 1.47 bits per heavy atom. The van der Waals surface area contributed by atoms with Crippen LogP contribution < -0.4 is 10.1 Å². The summed E-state index contributed by atoms with van der Waals surface area (Å²) >= 11 is 0. The molecule has 1 rings (SSSR count). The number of benzene rings is 1. The van der Waals surface area contributed by atoms with Crippen molar-refractivity contribution in [3.05, 3.63) is 42.5 Å². The number of ether oxygens (including phenoxy) is 1. The van der Waals surface area contributed by atoms with Crippen molar-refractivity contribution >= 4 is 0 Å². The Morgan fingerprint density at radius 2 is 2.20 bits per heavy atom. The number of methoxy groups -OCH3 is 1. The van der Waals surface area contributed by atoms with Crippen molar-refractivity contribution in [1.82, 2.24) is 5.32 Å². The molecule has 1 atom stereocenters. The standard InChI is InChI=1S/C13H19NO/c1-4-9-14-11(2)10-12-7-5-6-8-13(12)15-3/h4-8,11,14H,1,9-10H2,2-3H3. The summed E-state index contributed by atoms with van der Waals surface area (Å²) in [6, 6.07) is 8.56. The molecule has 2 nitrogen and oxygen atoms in total. The van der Waals surface area contributed by atoms with Crippen molar-refractivity contribution in [2.75, 3.05) is 13.7 Å². The largest absolute Gasteiger partial charge is 0.496 e. The molecule has 0 radical (unpaired) electrons. The first-order valence-corrected chi connectivity index (χ1v) is 5.24. The Labute approximate surface area is 92.0 Å². The summed E-state index contributed by atoms with van der Waals surface area (Å²) in [5, 5.41) is 3.36. The van der Waals surface area contributed by atoms with Gasteiger partial charge in [0.05, 0.1) is 7.11 Å². The van der Waals surface area contributed by atoms with Crippen LogP contribution in [0.15, 0.2) is 36.9 Å². The SMILES string of the molecule is C=CCNC(C)Cc1ccccc1OC. The van der Waals surface area contributed by atoms with Crippen LogP contribution in [0.2, 0.25) is 0 Å². The van der Waals surface area contributed by atoms with E-state index in [4.69, 9.17) is 4.74 Å². The van der Waals surface area contributed by atoms with Gasteiger partial charge < -0.3 is 10.1 Å². The second kappa shape index (κ2) is 6.25. The topological polar surface area (TPSA) is 21.3 Å². The fourth-order valence-electron chi connectivity index (χ4n) is 1.56. The molecule has 0 heterocycles. The fraction of sp³-hybridized carbons (Fsp3) is 0.385. The molecule has 1 unspecified atom stereocenters. The highest BCUT2D eigenvalue weighted by molar-refractivity contribution is 5.33. The Morgan fingerprint density at radius 3 is 2.87 bits per heavy atom. The maximum atomic E-state index is 5.30. The van der Waals surface area contributed by atoms with Crippen LogP contribution in [-0.4, -0.2) is 19.7 Å². The van der Waals surface area contributed by atoms with E-state index in [2.05, 4.69) is 24.9 Å². The molecule has 0 aliphatic carbocycles. The number of para-hydroxylation sites is 1. The van der Waals surface area contributed by atoms with Crippen molar-refractivity contribution in [1.29, 1.82) is 0 Å². The van der Waals surface area contributed by atoms with Gasteiger partial charge >= 0.3 is 0 Å². The van der Waals surface area contributed by atoms with Crippen molar-refractivity contribution in [3.63, 3.8) is 0 Å². The average Bonchev–Trinajstić information content (AvgIpc) is 2.27. The van der Waals surface area contributed by atoms with Gasteiger partial charge in [-0.2, -0.15) is 0 Å².